The zero-order valence-corrected chi connectivity index (χ0v) is 12.1. The van der Waals surface area contributed by atoms with Crippen molar-refractivity contribution in [3.8, 4) is 0 Å². The molecule has 21 heavy (non-hydrogen) atoms. The molecular weight excluding hydrogens is 301 g/mol. The minimum absolute atomic E-state index is 0.0973. The van der Waals surface area contributed by atoms with Crippen LogP contribution < -0.4 is 0 Å². The number of carboxylic acid groups (broad SMARTS) is 1. The van der Waals surface area contributed by atoms with Crippen LogP contribution in [0.1, 0.15) is 13.3 Å². The predicted molar refractivity (Wildman–Crippen MR) is 72.9 cm³/mol. The smallest absolute Gasteiger partial charge is 0.304 e. The van der Waals surface area contributed by atoms with E-state index >= 15 is 0 Å². The molecule has 0 saturated heterocycles. The van der Waals surface area contributed by atoms with E-state index in [0.29, 0.717) is 0 Å². The normalized spacial score (nSPS) is 12.1. The van der Waals surface area contributed by atoms with E-state index < -0.39 is 21.8 Å². The fourth-order valence-corrected chi connectivity index (χ4v) is 3.66. The van der Waals surface area contributed by atoms with Crippen LogP contribution >= 0.6 is 0 Å². The van der Waals surface area contributed by atoms with Crippen LogP contribution in [-0.4, -0.2) is 36.9 Å². The van der Waals surface area contributed by atoms with Crippen molar-refractivity contribution in [2.45, 2.75) is 18.2 Å². The number of hydrogen-bond donors (Lipinski definition) is 1. The van der Waals surface area contributed by atoms with Crippen molar-refractivity contribution in [1.82, 2.24) is 4.31 Å². The van der Waals surface area contributed by atoms with Crippen molar-refractivity contribution in [3.63, 3.8) is 0 Å². The molecule has 1 aromatic heterocycles. The monoisotopic (exact) mass is 315 g/mol. The van der Waals surface area contributed by atoms with Crippen molar-refractivity contribution in [2.24, 2.45) is 0 Å². The van der Waals surface area contributed by atoms with Gasteiger partial charge in [0.15, 0.2) is 11.4 Å². The lowest BCUT2D eigenvalue weighted by molar-refractivity contribution is -0.137. The second-order valence-electron chi connectivity index (χ2n) is 4.35. The van der Waals surface area contributed by atoms with Gasteiger partial charge in [0.2, 0.25) is 10.0 Å². The summed E-state index contributed by atoms with van der Waals surface area (Å²) in [4.78, 5) is 10.5. The average Bonchev–Trinajstić information content (AvgIpc) is 2.88. The SMILES string of the molecule is CCN(CCC(=O)O)S(=O)(=O)c1ccc(F)c2occc12. The van der Waals surface area contributed by atoms with Crippen LogP contribution in [0.25, 0.3) is 11.0 Å². The number of halogens is 1. The third-order valence-electron chi connectivity index (χ3n) is 3.07. The molecular formula is C13H14FNO5S. The van der Waals surface area contributed by atoms with Crippen LogP contribution in [-0.2, 0) is 14.8 Å². The number of rotatable bonds is 6. The zero-order valence-electron chi connectivity index (χ0n) is 11.2. The number of nitrogens with zero attached hydrogens (tertiary/aromatic N) is 1. The summed E-state index contributed by atoms with van der Waals surface area (Å²) in [6.07, 6.45) is 0.906. The van der Waals surface area contributed by atoms with E-state index in [4.69, 9.17) is 9.52 Å². The molecule has 0 aliphatic rings. The highest BCUT2D eigenvalue weighted by molar-refractivity contribution is 7.89. The standard InChI is InChI=1S/C13H14FNO5S/c1-2-15(7-5-12(16)17)21(18,19)11-4-3-10(14)13-9(11)6-8-20-13/h3-4,6,8H,2,5,7H2,1H3,(H,16,17). The van der Waals surface area contributed by atoms with Crippen LogP contribution in [0, 0.1) is 5.82 Å². The van der Waals surface area contributed by atoms with E-state index in [1.165, 1.54) is 12.3 Å². The number of hydrogen-bond acceptors (Lipinski definition) is 4. The van der Waals surface area contributed by atoms with E-state index in [-0.39, 0.29) is 35.4 Å². The first-order chi connectivity index (χ1) is 9.87. The predicted octanol–water partition coefficient (Wildman–Crippen LogP) is 2.06. The van der Waals surface area contributed by atoms with E-state index in [1.54, 1.807) is 6.92 Å². The van der Waals surface area contributed by atoms with Crippen LogP contribution in [0.4, 0.5) is 4.39 Å². The maximum Gasteiger partial charge on any atom is 0.304 e. The molecule has 2 aromatic rings. The summed E-state index contributed by atoms with van der Waals surface area (Å²) in [5, 5.41) is 8.83. The summed E-state index contributed by atoms with van der Waals surface area (Å²) >= 11 is 0. The number of benzene rings is 1. The molecule has 0 radical (unpaired) electrons. The average molecular weight is 315 g/mol. The van der Waals surface area contributed by atoms with Gasteiger partial charge in [0.1, 0.15) is 0 Å². The minimum Gasteiger partial charge on any atom is -0.481 e. The Morgan fingerprint density at radius 2 is 2.10 bits per heavy atom. The molecule has 1 heterocycles. The van der Waals surface area contributed by atoms with Gasteiger partial charge in [-0.15, -0.1) is 0 Å². The fraction of sp³-hybridized carbons (Fsp3) is 0.308. The summed E-state index contributed by atoms with van der Waals surface area (Å²) in [7, 11) is -3.92. The second kappa shape index (κ2) is 5.82. The number of aliphatic carboxylic acids is 1. The number of sulfonamides is 1. The lowest BCUT2D eigenvalue weighted by Gasteiger charge is -2.20. The van der Waals surface area contributed by atoms with Crippen molar-refractivity contribution >= 4 is 27.0 Å². The van der Waals surface area contributed by atoms with Crippen molar-refractivity contribution in [1.29, 1.82) is 0 Å². The van der Waals surface area contributed by atoms with Gasteiger partial charge in [0, 0.05) is 18.5 Å². The molecule has 0 atom stereocenters. The molecule has 0 bridgehead atoms. The van der Waals surface area contributed by atoms with Gasteiger partial charge in [-0.3, -0.25) is 4.79 Å². The van der Waals surface area contributed by atoms with E-state index in [9.17, 15) is 17.6 Å². The van der Waals surface area contributed by atoms with Crippen molar-refractivity contribution in [2.75, 3.05) is 13.1 Å². The Balaban J connectivity index is 2.47. The Morgan fingerprint density at radius 1 is 1.38 bits per heavy atom. The van der Waals surface area contributed by atoms with E-state index in [1.807, 2.05) is 0 Å². The lowest BCUT2D eigenvalue weighted by Crippen LogP contribution is -2.33. The molecule has 6 nitrogen and oxygen atoms in total. The second-order valence-corrected chi connectivity index (χ2v) is 6.26. The van der Waals surface area contributed by atoms with Crippen molar-refractivity contribution in [3.05, 3.63) is 30.3 Å². The molecule has 1 N–H and O–H groups in total. The Morgan fingerprint density at radius 3 is 2.71 bits per heavy atom. The largest absolute Gasteiger partial charge is 0.481 e. The van der Waals surface area contributed by atoms with Gasteiger partial charge in [0.05, 0.1) is 17.6 Å². The number of carboxylic acids is 1. The van der Waals surface area contributed by atoms with Crippen LogP contribution in [0.2, 0.25) is 0 Å². The highest BCUT2D eigenvalue weighted by Gasteiger charge is 2.27. The maximum atomic E-state index is 13.5. The highest BCUT2D eigenvalue weighted by atomic mass is 32.2. The Labute approximate surface area is 120 Å². The zero-order chi connectivity index (χ0) is 15.6. The molecule has 8 heteroatoms. The number of furan rings is 1. The molecule has 0 unspecified atom stereocenters. The molecule has 1 aromatic carbocycles. The molecule has 0 aliphatic carbocycles. The van der Waals surface area contributed by atoms with Gasteiger partial charge in [-0.25, -0.2) is 12.8 Å². The molecule has 0 amide bonds. The third kappa shape index (κ3) is 2.91. The first kappa shape index (κ1) is 15.5. The Hall–Kier alpha value is -1.93. The quantitative estimate of drug-likeness (QED) is 0.881. The highest BCUT2D eigenvalue weighted by Crippen LogP contribution is 2.28. The number of carbonyl (C=O) groups is 1. The van der Waals surface area contributed by atoms with Gasteiger partial charge in [-0.1, -0.05) is 6.92 Å². The molecule has 0 spiro atoms. The Kier molecular flexibility index (Phi) is 4.29. The number of fused-ring (bicyclic) bond motifs is 1. The molecule has 114 valence electrons. The van der Waals surface area contributed by atoms with Gasteiger partial charge >= 0.3 is 5.97 Å². The van der Waals surface area contributed by atoms with E-state index in [2.05, 4.69) is 0 Å². The minimum atomic E-state index is -3.92. The van der Waals surface area contributed by atoms with Gasteiger partial charge in [0.25, 0.3) is 0 Å². The summed E-state index contributed by atoms with van der Waals surface area (Å²) in [5.74, 6) is -1.74. The first-order valence-electron chi connectivity index (χ1n) is 6.25. The van der Waals surface area contributed by atoms with Gasteiger partial charge in [-0.05, 0) is 18.2 Å². The van der Waals surface area contributed by atoms with Crippen LogP contribution in [0.3, 0.4) is 0 Å². The van der Waals surface area contributed by atoms with Gasteiger partial charge in [-0.2, -0.15) is 4.31 Å². The lowest BCUT2D eigenvalue weighted by atomic mass is 10.2. The van der Waals surface area contributed by atoms with Crippen LogP contribution in [0.5, 0.6) is 0 Å². The molecule has 0 aliphatic heterocycles. The molecule has 0 saturated carbocycles. The Bertz CT molecular complexity index is 768. The molecule has 2 rings (SSSR count). The first-order valence-corrected chi connectivity index (χ1v) is 7.69. The summed E-state index contributed by atoms with van der Waals surface area (Å²) in [6, 6.07) is 3.55. The van der Waals surface area contributed by atoms with Crippen LogP contribution in [0.15, 0.2) is 33.8 Å². The fourth-order valence-electron chi connectivity index (χ4n) is 2.04. The van der Waals surface area contributed by atoms with Gasteiger partial charge < -0.3 is 9.52 Å². The summed E-state index contributed by atoms with van der Waals surface area (Å²) in [6.45, 7) is 1.58. The summed E-state index contributed by atoms with van der Waals surface area (Å²) < 4.78 is 44.7. The van der Waals surface area contributed by atoms with E-state index in [0.717, 1.165) is 16.4 Å². The third-order valence-corrected chi connectivity index (χ3v) is 5.11. The maximum absolute atomic E-state index is 13.5. The molecule has 0 fully saturated rings. The topological polar surface area (TPSA) is 87.8 Å². The summed E-state index contributed by atoms with van der Waals surface area (Å²) in [5.41, 5.74) is -0.134. The van der Waals surface area contributed by atoms with Crippen molar-refractivity contribution < 1.29 is 27.1 Å².